The summed E-state index contributed by atoms with van der Waals surface area (Å²) in [4.78, 5) is 18.2. The zero-order valence-electron chi connectivity index (χ0n) is 20.4. The third-order valence-corrected chi connectivity index (χ3v) is 8.97. The smallest absolute Gasteiger partial charge is 0.326 e. The van der Waals surface area contributed by atoms with Crippen molar-refractivity contribution in [3.63, 3.8) is 0 Å². The number of carbonyl (C=O) groups is 1. The Morgan fingerprint density at radius 2 is 1.89 bits per heavy atom. The molecule has 0 amide bonds. The standard InChI is InChI=1S/C29H27N3O4S/c1-37(35,36)32-18-25(19-32)31-16-23-6-5-20(14-24(23)17-31)9-12-29(28(33)34)11-3-2-4-26(29)22-8-7-21-10-13-30-27(21)15-22/h2-8,10-11,13-15,25-26,30H,16-19H2,1H3,(H,33,34). The number of carboxylic acids is 1. The molecule has 2 atom stereocenters. The Bertz CT molecular complexity index is 1640. The van der Waals surface area contributed by atoms with Crippen molar-refractivity contribution in [3.8, 4) is 11.8 Å². The van der Waals surface area contributed by atoms with E-state index in [9.17, 15) is 18.3 Å². The highest BCUT2D eigenvalue weighted by Gasteiger charge is 2.43. The number of carboxylic acid groups (broad SMARTS) is 1. The Kier molecular flexibility index (Phi) is 5.60. The molecule has 7 nitrogen and oxygen atoms in total. The van der Waals surface area contributed by atoms with Crippen molar-refractivity contribution in [2.75, 3.05) is 19.3 Å². The van der Waals surface area contributed by atoms with Crippen LogP contribution in [0.25, 0.3) is 10.9 Å². The van der Waals surface area contributed by atoms with Gasteiger partial charge in [-0.1, -0.05) is 54.3 Å². The summed E-state index contributed by atoms with van der Waals surface area (Å²) >= 11 is 0. The van der Waals surface area contributed by atoms with Crippen LogP contribution in [-0.4, -0.2) is 59.1 Å². The van der Waals surface area contributed by atoms with Crippen LogP contribution in [0.15, 0.2) is 73.0 Å². The van der Waals surface area contributed by atoms with Crippen LogP contribution in [0.3, 0.4) is 0 Å². The quantitative estimate of drug-likeness (QED) is 0.521. The summed E-state index contributed by atoms with van der Waals surface area (Å²) in [7, 11) is -3.14. The molecule has 8 heteroatoms. The summed E-state index contributed by atoms with van der Waals surface area (Å²) in [5, 5.41) is 11.5. The molecule has 2 aromatic carbocycles. The second kappa shape index (κ2) is 8.73. The van der Waals surface area contributed by atoms with Gasteiger partial charge in [-0.25, -0.2) is 8.42 Å². The molecule has 1 fully saturated rings. The molecule has 3 aliphatic rings. The Balaban J connectivity index is 1.26. The third-order valence-electron chi connectivity index (χ3n) is 7.74. The average Bonchev–Trinajstić information content (AvgIpc) is 3.46. The van der Waals surface area contributed by atoms with Gasteiger partial charge in [0.25, 0.3) is 0 Å². The number of sulfonamides is 1. The Morgan fingerprint density at radius 1 is 1.08 bits per heavy atom. The van der Waals surface area contributed by atoms with E-state index in [1.54, 1.807) is 12.2 Å². The van der Waals surface area contributed by atoms with Crippen molar-refractivity contribution in [1.29, 1.82) is 0 Å². The fourth-order valence-electron chi connectivity index (χ4n) is 5.50. The first-order valence-electron chi connectivity index (χ1n) is 12.2. The number of hydrogen-bond acceptors (Lipinski definition) is 4. The molecule has 1 aliphatic carbocycles. The van der Waals surface area contributed by atoms with E-state index in [4.69, 9.17) is 0 Å². The third kappa shape index (κ3) is 4.19. The van der Waals surface area contributed by atoms with Gasteiger partial charge in [-0.15, -0.1) is 0 Å². The van der Waals surface area contributed by atoms with Crippen LogP contribution in [0.2, 0.25) is 0 Å². The van der Waals surface area contributed by atoms with Crippen molar-refractivity contribution in [3.05, 3.63) is 95.2 Å². The molecule has 37 heavy (non-hydrogen) atoms. The minimum absolute atomic E-state index is 0.212. The normalized spacial score (nSPS) is 24.0. The summed E-state index contributed by atoms with van der Waals surface area (Å²) in [5.41, 5.74) is 3.59. The number of nitrogens with zero attached hydrogens (tertiary/aromatic N) is 2. The number of aromatic nitrogens is 1. The molecule has 2 N–H and O–H groups in total. The van der Waals surface area contributed by atoms with Gasteiger partial charge < -0.3 is 10.1 Å². The molecule has 1 aromatic heterocycles. The number of aliphatic carboxylic acids is 1. The van der Waals surface area contributed by atoms with Crippen molar-refractivity contribution in [1.82, 2.24) is 14.2 Å². The topological polar surface area (TPSA) is 93.7 Å². The van der Waals surface area contributed by atoms with E-state index < -0.39 is 27.3 Å². The Morgan fingerprint density at radius 3 is 2.68 bits per heavy atom. The molecular formula is C29H27N3O4S. The van der Waals surface area contributed by atoms with Crippen LogP contribution >= 0.6 is 0 Å². The second-order valence-electron chi connectivity index (χ2n) is 10.1. The molecule has 3 aromatic rings. The fourth-order valence-corrected chi connectivity index (χ4v) is 6.38. The molecule has 2 unspecified atom stereocenters. The van der Waals surface area contributed by atoms with Gasteiger partial charge in [-0.2, -0.15) is 4.31 Å². The molecule has 2 aliphatic heterocycles. The highest BCUT2D eigenvalue weighted by molar-refractivity contribution is 7.88. The highest BCUT2D eigenvalue weighted by Crippen LogP contribution is 2.42. The van der Waals surface area contributed by atoms with E-state index in [0.29, 0.717) is 13.1 Å². The largest absolute Gasteiger partial charge is 0.480 e. The maximum absolute atomic E-state index is 12.7. The molecule has 0 radical (unpaired) electrons. The summed E-state index contributed by atoms with van der Waals surface area (Å²) in [6.07, 6.45) is 10.3. The van der Waals surface area contributed by atoms with Crippen LogP contribution in [0, 0.1) is 17.3 Å². The summed E-state index contributed by atoms with van der Waals surface area (Å²) in [6.45, 7) is 2.56. The van der Waals surface area contributed by atoms with Crippen molar-refractivity contribution in [2.45, 2.75) is 25.0 Å². The number of aromatic amines is 1. The SMILES string of the molecule is CS(=O)(=O)N1CC(N2Cc3ccc(C#CC4(C(=O)O)C=CC=CC4c4ccc5cc[nH]c5c4)cc3C2)C1. The lowest BCUT2D eigenvalue weighted by Gasteiger charge is -2.42. The predicted octanol–water partition coefficient (Wildman–Crippen LogP) is 3.46. The maximum atomic E-state index is 12.7. The van der Waals surface area contributed by atoms with Gasteiger partial charge in [0, 0.05) is 55.4 Å². The summed E-state index contributed by atoms with van der Waals surface area (Å²) in [5.74, 6) is 4.88. The molecule has 1 saturated heterocycles. The number of nitrogens with one attached hydrogen (secondary N) is 1. The molecule has 6 rings (SSSR count). The lowest BCUT2D eigenvalue weighted by Crippen LogP contribution is -2.59. The number of benzene rings is 2. The van der Waals surface area contributed by atoms with E-state index >= 15 is 0 Å². The molecule has 0 bridgehead atoms. The lowest BCUT2D eigenvalue weighted by molar-refractivity contribution is -0.143. The minimum Gasteiger partial charge on any atom is -0.480 e. The number of fused-ring (bicyclic) bond motifs is 2. The molecular weight excluding hydrogens is 486 g/mol. The number of rotatable bonds is 4. The van der Waals surface area contributed by atoms with Gasteiger partial charge >= 0.3 is 5.97 Å². The first kappa shape index (κ1) is 23.7. The predicted molar refractivity (Wildman–Crippen MR) is 142 cm³/mol. The van der Waals surface area contributed by atoms with E-state index in [1.807, 2.05) is 60.8 Å². The zero-order chi connectivity index (χ0) is 25.8. The van der Waals surface area contributed by atoms with E-state index in [-0.39, 0.29) is 6.04 Å². The number of hydrogen-bond donors (Lipinski definition) is 2. The van der Waals surface area contributed by atoms with E-state index in [2.05, 4.69) is 21.7 Å². The Hall–Kier alpha value is -3.64. The molecule has 0 spiro atoms. The lowest BCUT2D eigenvalue weighted by atomic mass is 9.70. The van der Waals surface area contributed by atoms with Gasteiger partial charge in [0.1, 0.15) is 0 Å². The van der Waals surface area contributed by atoms with E-state index in [1.165, 1.54) is 16.1 Å². The first-order valence-corrected chi connectivity index (χ1v) is 14.1. The van der Waals surface area contributed by atoms with Gasteiger partial charge in [0.15, 0.2) is 5.41 Å². The Labute approximate surface area is 216 Å². The molecule has 3 heterocycles. The van der Waals surface area contributed by atoms with Crippen LogP contribution < -0.4 is 0 Å². The van der Waals surface area contributed by atoms with Gasteiger partial charge in [0.05, 0.1) is 6.26 Å². The van der Waals surface area contributed by atoms with Crippen LogP contribution in [0.5, 0.6) is 0 Å². The van der Waals surface area contributed by atoms with Crippen molar-refractivity contribution < 1.29 is 18.3 Å². The van der Waals surface area contributed by atoms with Gasteiger partial charge in [-0.05, 0) is 46.3 Å². The highest BCUT2D eigenvalue weighted by atomic mass is 32.2. The first-order chi connectivity index (χ1) is 17.7. The molecule has 0 saturated carbocycles. The van der Waals surface area contributed by atoms with Crippen LogP contribution in [0.4, 0.5) is 0 Å². The van der Waals surface area contributed by atoms with Crippen LogP contribution in [-0.2, 0) is 27.9 Å². The zero-order valence-corrected chi connectivity index (χ0v) is 21.2. The number of H-pyrrole nitrogens is 1. The van der Waals surface area contributed by atoms with Gasteiger partial charge in [-0.3, -0.25) is 9.69 Å². The van der Waals surface area contributed by atoms with Crippen LogP contribution in [0.1, 0.15) is 28.2 Å². The molecule has 188 valence electrons. The maximum Gasteiger partial charge on any atom is 0.326 e. The van der Waals surface area contributed by atoms with Gasteiger partial charge in [0.2, 0.25) is 10.0 Å². The van der Waals surface area contributed by atoms with Crippen molar-refractivity contribution in [2.24, 2.45) is 5.41 Å². The fraction of sp³-hybridized carbons (Fsp3) is 0.276. The monoisotopic (exact) mass is 513 g/mol. The van der Waals surface area contributed by atoms with E-state index in [0.717, 1.165) is 40.7 Å². The average molecular weight is 514 g/mol. The minimum atomic E-state index is -3.14. The van der Waals surface area contributed by atoms with Crippen molar-refractivity contribution >= 4 is 26.9 Å². The summed E-state index contributed by atoms with van der Waals surface area (Å²) in [6, 6.07) is 14.2. The number of allylic oxidation sites excluding steroid dienone is 3. The second-order valence-corrected chi connectivity index (χ2v) is 12.1. The summed E-state index contributed by atoms with van der Waals surface area (Å²) < 4.78 is 24.9.